The van der Waals surface area contributed by atoms with Gasteiger partial charge in [-0.1, -0.05) is 25.4 Å². The molecule has 0 aliphatic carbocycles. The van der Waals surface area contributed by atoms with Gasteiger partial charge >= 0.3 is 0 Å². The van der Waals surface area contributed by atoms with Gasteiger partial charge in [0.1, 0.15) is 18.5 Å². The molecule has 4 heteroatoms. The van der Waals surface area contributed by atoms with E-state index in [1.54, 1.807) is 6.07 Å². The van der Waals surface area contributed by atoms with Crippen LogP contribution in [0.4, 0.5) is 0 Å². The normalized spacial score (nSPS) is 12.8. The number of aryl methyl sites for hydroxylation is 1. The zero-order valence-electron chi connectivity index (χ0n) is 10.5. The smallest absolute Gasteiger partial charge is 0.122 e. The van der Waals surface area contributed by atoms with Gasteiger partial charge in [-0.05, 0) is 30.7 Å². The molecule has 0 aliphatic rings. The number of nitrogens with one attached hydrogen (secondary N) is 1. The molecular formula is C13H20ClNO2. The number of aliphatic hydroxyl groups is 1. The maximum absolute atomic E-state index is 9.69. The quantitative estimate of drug-likeness (QED) is 0.822. The molecule has 1 aromatic rings. The van der Waals surface area contributed by atoms with Crippen LogP contribution in [0.25, 0.3) is 0 Å². The minimum absolute atomic E-state index is 0.280. The summed E-state index contributed by atoms with van der Waals surface area (Å²) in [7, 11) is 0. The topological polar surface area (TPSA) is 41.5 Å². The highest BCUT2D eigenvalue weighted by Crippen LogP contribution is 2.21. The van der Waals surface area contributed by atoms with Gasteiger partial charge in [0, 0.05) is 17.6 Å². The predicted molar refractivity (Wildman–Crippen MR) is 70.8 cm³/mol. The van der Waals surface area contributed by atoms with Crippen molar-refractivity contribution in [3.05, 3.63) is 28.8 Å². The largest absolute Gasteiger partial charge is 0.491 e. The molecule has 0 aliphatic heterocycles. The third kappa shape index (κ3) is 5.39. The van der Waals surface area contributed by atoms with E-state index in [0.29, 0.717) is 17.6 Å². The van der Waals surface area contributed by atoms with Crippen molar-refractivity contribution in [1.29, 1.82) is 0 Å². The first-order chi connectivity index (χ1) is 7.99. The number of hydrogen-bond acceptors (Lipinski definition) is 3. The van der Waals surface area contributed by atoms with Gasteiger partial charge in [0.25, 0.3) is 0 Å². The Balaban J connectivity index is 2.39. The maximum atomic E-state index is 9.69. The molecule has 1 atom stereocenters. The van der Waals surface area contributed by atoms with Crippen LogP contribution in [-0.2, 0) is 0 Å². The van der Waals surface area contributed by atoms with Crippen LogP contribution in [0.3, 0.4) is 0 Å². The van der Waals surface area contributed by atoms with Crippen molar-refractivity contribution in [3.63, 3.8) is 0 Å². The highest BCUT2D eigenvalue weighted by atomic mass is 35.5. The number of benzene rings is 1. The van der Waals surface area contributed by atoms with E-state index in [1.807, 2.05) is 32.9 Å². The van der Waals surface area contributed by atoms with Crippen molar-refractivity contribution in [2.75, 3.05) is 13.2 Å². The van der Waals surface area contributed by atoms with Crippen molar-refractivity contribution >= 4 is 11.6 Å². The lowest BCUT2D eigenvalue weighted by atomic mass is 10.2. The molecule has 0 heterocycles. The molecule has 17 heavy (non-hydrogen) atoms. The van der Waals surface area contributed by atoms with E-state index in [9.17, 15) is 5.11 Å². The number of ether oxygens (including phenoxy) is 1. The molecule has 2 N–H and O–H groups in total. The fourth-order valence-corrected chi connectivity index (χ4v) is 1.62. The summed E-state index contributed by atoms with van der Waals surface area (Å²) in [6, 6.07) is 5.81. The first-order valence-corrected chi connectivity index (χ1v) is 6.17. The van der Waals surface area contributed by atoms with Crippen LogP contribution < -0.4 is 10.1 Å². The van der Waals surface area contributed by atoms with Crippen LogP contribution in [0.5, 0.6) is 5.75 Å². The average molecular weight is 258 g/mol. The van der Waals surface area contributed by atoms with E-state index in [0.717, 1.165) is 11.3 Å². The van der Waals surface area contributed by atoms with E-state index in [1.165, 1.54) is 0 Å². The van der Waals surface area contributed by atoms with Crippen LogP contribution in [-0.4, -0.2) is 30.4 Å². The summed E-state index contributed by atoms with van der Waals surface area (Å²) in [6.45, 7) is 6.82. The summed E-state index contributed by atoms with van der Waals surface area (Å²) in [5.41, 5.74) is 0.974. The standard InChI is InChI=1S/C13H20ClNO2/c1-9(2)15-7-12(16)8-17-13-5-4-11(14)6-10(13)3/h4-6,9,12,15-16H,7-8H2,1-3H3. The summed E-state index contributed by atoms with van der Waals surface area (Å²) < 4.78 is 5.54. The molecule has 0 spiro atoms. The zero-order chi connectivity index (χ0) is 12.8. The van der Waals surface area contributed by atoms with Crippen molar-refractivity contribution < 1.29 is 9.84 Å². The van der Waals surface area contributed by atoms with Crippen LogP contribution in [0, 0.1) is 6.92 Å². The summed E-state index contributed by atoms with van der Waals surface area (Å²) in [5.74, 6) is 0.762. The van der Waals surface area contributed by atoms with Gasteiger partial charge in [-0.2, -0.15) is 0 Å². The second-order valence-corrected chi connectivity index (χ2v) is 4.87. The SMILES string of the molecule is Cc1cc(Cl)ccc1OCC(O)CNC(C)C. The Hall–Kier alpha value is -0.770. The fourth-order valence-electron chi connectivity index (χ4n) is 1.39. The van der Waals surface area contributed by atoms with E-state index in [2.05, 4.69) is 5.32 Å². The van der Waals surface area contributed by atoms with Gasteiger partial charge in [-0.3, -0.25) is 0 Å². The van der Waals surface area contributed by atoms with Crippen molar-refractivity contribution in [1.82, 2.24) is 5.32 Å². The molecule has 3 nitrogen and oxygen atoms in total. The maximum Gasteiger partial charge on any atom is 0.122 e. The Bertz CT molecular complexity index is 355. The lowest BCUT2D eigenvalue weighted by molar-refractivity contribution is 0.104. The second kappa shape index (κ2) is 6.84. The fraction of sp³-hybridized carbons (Fsp3) is 0.538. The molecule has 0 saturated heterocycles. The van der Waals surface area contributed by atoms with E-state index in [-0.39, 0.29) is 6.61 Å². The third-order valence-corrected chi connectivity index (χ3v) is 2.57. The minimum Gasteiger partial charge on any atom is -0.491 e. The molecule has 0 fully saturated rings. The number of rotatable bonds is 6. The van der Waals surface area contributed by atoms with Gasteiger partial charge in [-0.25, -0.2) is 0 Å². The Morgan fingerprint density at radius 3 is 2.71 bits per heavy atom. The lowest BCUT2D eigenvalue weighted by Crippen LogP contribution is -2.35. The third-order valence-electron chi connectivity index (χ3n) is 2.33. The zero-order valence-corrected chi connectivity index (χ0v) is 11.3. The van der Waals surface area contributed by atoms with Gasteiger partial charge in [0.05, 0.1) is 0 Å². The van der Waals surface area contributed by atoms with Crippen molar-refractivity contribution in [2.45, 2.75) is 32.9 Å². The highest BCUT2D eigenvalue weighted by Gasteiger charge is 2.07. The summed E-state index contributed by atoms with van der Waals surface area (Å²) >= 11 is 5.85. The molecule has 1 rings (SSSR count). The Kier molecular flexibility index (Phi) is 5.75. The van der Waals surface area contributed by atoms with Crippen LogP contribution in [0.1, 0.15) is 19.4 Å². The number of hydrogen-bond donors (Lipinski definition) is 2. The predicted octanol–water partition coefficient (Wildman–Crippen LogP) is 2.39. The molecule has 0 amide bonds. The summed E-state index contributed by atoms with van der Waals surface area (Å²) in [6.07, 6.45) is -0.507. The number of aliphatic hydroxyl groups excluding tert-OH is 1. The summed E-state index contributed by atoms with van der Waals surface area (Å²) in [4.78, 5) is 0. The highest BCUT2D eigenvalue weighted by molar-refractivity contribution is 6.30. The molecule has 1 unspecified atom stereocenters. The molecule has 0 saturated carbocycles. The van der Waals surface area contributed by atoms with Crippen molar-refractivity contribution in [3.8, 4) is 5.75 Å². The summed E-state index contributed by atoms with van der Waals surface area (Å²) in [5, 5.41) is 13.5. The lowest BCUT2D eigenvalue weighted by Gasteiger charge is -2.16. The Labute approximate surface area is 108 Å². The molecule has 0 bridgehead atoms. The Morgan fingerprint density at radius 1 is 1.41 bits per heavy atom. The molecule has 0 aromatic heterocycles. The molecule has 96 valence electrons. The average Bonchev–Trinajstić information content (AvgIpc) is 2.25. The van der Waals surface area contributed by atoms with E-state index in [4.69, 9.17) is 16.3 Å². The van der Waals surface area contributed by atoms with Crippen LogP contribution in [0.15, 0.2) is 18.2 Å². The monoisotopic (exact) mass is 257 g/mol. The number of halogens is 1. The molecule has 0 radical (unpaired) electrons. The molecular weight excluding hydrogens is 238 g/mol. The van der Waals surface area contributed by atoms with E-state index < -0.39 is 6.10 Å². The first-order valence-electron chi connectivity index (χ1n) is 5.79. The van der Waals surface area contributed by atoms with Gasteiger partial charge in [-0.15, -0.1) is 0 Å². The van der Waals surface area contributed by atoms with Crippen LogP contribution in [0.2, 0.25) is 5.02 Å². The first kappa shape index (κ1) is 14.3. The van der Waals surface area contributed by atoms with Gasteiger partial charge < -0.3 is 15.2 Å². The van der Waals surface area contributed by atoms with Gasteiger partial charge in [0.15, 0.2) is 0 Å². The second-order valence-electron chi connectivity index (χ2n) is 4.44. The van der Waals surface area contributed by atoms with E-state index >= 15 is 0 Å². The van der Waals surface area contributed by atoms with Crippen molar-refractivity contribution in [2.24, 2.45) is 0 Å². The van der Waals surface area contributed by atoms with Crippen LogP contribution >= 0.6 is 11.6 Å². The van der Waals surface area contributed by atoms with Gasteiger partial charge in [0.2, 0.25) is 0 Å². The molecule has 1 aromatic carbocycles. The Morgan fingerprint density at radius 2 is 2.12 bits per heavy atom. The minimum atomic E-state index is -0.507.